The molecule has 184 valence electrons. The van der Waals surface area contributed by atoms with Gasteiger partial charge in [-0.1, -0.05) is 24.3 Å². The number of anilines is 1. The van der Waals surface area contributed by atoms with Crippen molar-refractivity contribution in [2.45, 2.75) is 19.3 Å². The largest absolute Gasteiger partial charge is 0.433 e. The highest BCUT2D eigenvalue weighted by molar-refractivity contribution is 7.92. The minimum atomic E-state index is -4.55. The number of alkyl halides is 3. The molecule has 3 aromatic rings. The van der Waals surface area contributed by atoms with E-state index in [1.807, 2.05) is 0 Å². The summed E-state index contributed by atoms with van der Waals surface area (Å²) < 4.78 is 63.7. The van der Waals surface area contributed by atoms with Crippen LogP contribution in [0.2, 0.25) is 0 Å². The molecule has 8 nitrogen and oxygen atoms in total. The van der Waals surface area contributed by atoms with Gasteiger partial charge in [0, 0.05) is 23.9 Å². The summed E-state index contributed by atoms with van der Waals surface area (Å²) in [4.78, 5) is 27.5. The van der Waals surface area contributed by atoms with E-state index >= 15 is 0 Å². The maximum Gasteiger partial charge on any atom is 0.433 e. The quantitative estimate of drug-likeness (QED) is 0.486. The number of nitrogens with zero attached hydrogens (tertiary/aromatic N) is 2. The van der Waals surface area contributed by atoms with Crippen molar-refractivity contribution in [3.05, 3.63) is 94.8 Å². The summed E-state index contributed by atoms with van der Waals surface area (Å²) >= 11 is 0. The number of benzene rings is 2. The number of pyridine rings is 1. The number of carbonyl (C=O) groups excluding carboxylic acids is 2. The lowest BCUT2D eigenvalue weighted by atomic mass is 10.1. The van der Waals surface area contributed by atoms with E-state index in [1.54, 1.807) is 18.2 Å². The van der Waals surface area contributed by atoms with Gasteiger partial charge in [-0.2, -0.15) is 13.2 Å². The van der Waals surface area contributed by atoms with Gasteiger partial charge in [-0.05, 0) is 47.5 Å². The fourth-order valence-electron chi connectivity index (χ4n) is 3.21. The van der Waals surface area contributed by atoms with E-state index in [9.17, 15) is 31.2 Å². The van der Waals surface area contributed by atoms with Crippen LogP contribution >= 0.6 is 0 Å². The van der Waals surface area contributed by atoms with Gasteiger partial charge in [-0.3, -0.25) is 18.9 Å². The van der Waals surface area contributed by atoms with Crippen LogP contribution in [0.25, 0.3) is 0 Å². The minimum absolute atomic E-state index is 0.0505. The summed E-state index contributed by atoms with van der Waals surface area (Å²) in [5.41, 5.74) is 5.80. The van der Waals surface area contributed by atoms with Crippen molar-refractivity contribution < 1.29 is 31.2 Å². The first kappa shape index (κ1) is 25.7. The Morgan fingerprint density at radius 2 is 1.69 bits per heavy atom. The van der Waals surface area contributed by atoms with Gasteiger partial charge in [0.25, 0.3) is 5.91 Å². The molecule has 0 fully saturated rings. The lowest BCUT2D eigenvalue weighted by Gasteiger charge is -2.23. The SMILES string of the molecule is CS(=O)(=O)N(Cc1ccccc1C(N)=O)c1ccc(C(=O)NCc2ccc(C(F)(F)F)nc2)cc1. The van der Waals surface area contributed by atoms with Gasteiger partial charge in [-0.25, -0.2) is 8.42 Å². The molecule has 0 spiro atoms. The molecule has 35 heavy (non-hydrogen) atoms. The average molecular weight is 507 g/mol. The highest BCUT2D eigenvalue weighted by Gasteiger charge is 2.32. The summed E-state index contributed by atoms with van der Waals surface area (Å²) in [6.07, 6.45) is -2.51. The number of aromatic nitrogens is 1. The maximum absolute atomic E-state index is 12.6. The molecule has 3 rings (SSSR count). The molecule has 3 N–H and O–H groups in total. The first-order valence-electron chi connectivity index (χ1n) is 10.1. The number of hydrogen-bond donors (Lipinski definition) is 2. The smallest absolute Gasteiger partial charge is 0.366 e. The zero-order valence-corrected chi connectivity index (χ0v) is 19.2. The van der Waals surface area contributed by atoms with Gasteiger partial charge >= 0.3 is 6.18 Å². The molecule has 2 aromatic carbocycles. The van der Waals surface area contributed by atoms with Crippen molar-refractivity contribution >= 4 is 27.5 Å². The molecule has 0 bridgehead atoms. The Morgan fingerprint density at radius 3 is 2.23 bits per heavy atom. The third-order valence-corrected chi connectivity index (χ3v) is 6.12. The van der Waals surface area contributed by atoms with E-state index in [1.165, 1.54) is 36.4 Å². The highest BCUT2D eigenvalue weighted by atomic mass is 32.2. The minimum Gasteiger partial charge on any atom is -0.366 e. The zero-order valence-electron chi connectivity index (χ0n) is 18.4. The van der Waals surface area contributed by atoms with Crippen LogP contribution in [0.1, 0.15) is 37.5 Å². The molecule has 0 unspecified atom stereocenters. The Kier molecular flexibility index (Phi) is 7.44. The van der Waals surface area contributed by atoms with Crippen LogP contribution in [-0.4, -0.2) is 31.5 Å². The molecule has 1 aromatic heterocycles. The highest BCUT2D eigenvalue weighted by Crippen LogP contribution is 2.27. The number of hydrogen-bond acceptors (Lipinski definition) is 5. The zero-order chi connectivity index (χ0) is 25.8. The van der Waals surface area contributed by atoms with E-state index < -0.39 is 33.7 Å². The second kappa shape index (κ2) is 10.1. The molecule has 0 aliphatic rings. The first-order chi connectivity index (χ1) is 16.4. The lowest BCUT2D eigenvalue weighted by molar-refractivity contribution is -0.141. The Morgan fingerprint density at radius 1 is 1.03 bits per heavy atom. The second-order valence-electron chi connectivity index (χ2n) is 7.57. The topological polar surface area (TPSA) is 122 Å². The maximum atomic E-state index is 12.6. The molecule has 0 saturated carbocycles. The van der Waals surface area contributed by atoms with Crippen molar-refractivity contribution in [1.82, 2.24) is 10.3 Å². The average Bonchev–Trinajstić information content (AvgIpc) is 2.80. The number of primary amides is 1. The third-order valence-electron chi connectivity index (χ3n) is 4.98. The van der Waals surface area contributed by atoms with Crippen LogP contribution in [0.4, 0.5) is 18.9 Å². The van der Waals surface area contributed by atoms with Gasteiger partial charge in [0.2, 0.25) is 15.9 Å². The predicted octanol–water partition coefficient (Wildman–Crippen LogP) is 3.10. The Balaban J connectivity index is 1.73. The first-order valence-corrected chi connectivity index (χ1v) is 12.0. The second-order valence-corrected chi connectivity index (χ2v) is 9.48. The number of sulfonamides is 1. The van der Waals surface area contributed by atoms with E-state index in [2.05, 4.69) is 10.3 Å². The van der Waals surface area contributed by atoms with E-state index in [0.717, 1.165) is 22.8 Å². The van der Waals surface area contributed by atoms with Gasteiger partial charge < -0.3 is 11.1 Å². The molecule has 0 aliphatic carbocycles. The molecule has 0 aliphatic heterocycles. The molecule has 0 saturated heterocycles. The normalized spacial score (nSPS) is 11.7. The van der Waals surface area contributed by atoms with Crippen molar-refractivity contribution in [3.8, 4) is 0 Å². The molecule has 0 atom stereocenters. The van der Waals surface area contributed by atoms with Crippen molar-refractivity contribution in [1.29, 1.82) is 0 Å². The van der Waals surface area contributed by atoms with E-state index in [4.69, 9.17) is 5.73 Å². The molecule has 2 amide bonds. The monoisotopic (exact) mass is 506 g/mol. The summed E-state index contributed by atoms with van der Waals surface area (Å²) in [5, 5.41) is 2.57. The Hall–Kier alpha value is -3.93. The molecule has 0 radical (unpaired) electrons. The molecular weight excluding hydrogens is 485 g/mol. The number of nitrogens with two attached hydrogens (primary N) is 1. The van der Waals surface area contributed by atoms with Crippen LogP contribution in [0.3, 0.4) is 0 Å². The third kappa shape index (κ3) is 6.57. The van der Waals surface area contributed by atoms with Crippen LogP contribution in [0.5, 0.6) is 0 Å². The van der Waals surface area contributed by atoms with Gasteiger partial charge in [0.15, 0.2) is 0 Å². The number of carbonyl (C=O) groups is 2. The standard InChI is InChI=1S/C23H21F3N4O4S/c1-35(33,34)30(14-17-4-2-3-5-19(17)21(27)31)18-9-7-16(8-10-18)22(32)29-13-15-6-11-20(28-12-15)23(24,25)26/h2-12H,13-14H2,1H3,(H2,27,31)(H,29,32). The Labute approximate surface area is 199 Å². The number of amides is 2. The van der Waals surface area contributed by atoms with E-state index in [-0.39, 0.29) is 29.9 Å². The van der Waals surface area contributed by atoms with Crippen LogP contribution in [0.15, 0.2) is 66.9 Å². The Bertz CT molecular complexity index is 1330. The number of nitrogens with one attached hydrogen (secondary N) is 1. The fourth-order valence-corrected chi connectivity index (χ4v) is 4.09. The lowest BCUT2D eigenvalue weighted by Crippen LogP contribution is -2.30. The summed E-state index contributed by atoms with van der Waals surface area (Å²) in [6.45, 7) is -0.199. The number of rotatable bonds is 8. The molecular formula is C23H21F3N4O4S. The summed E-state index contributed by atoms with van der Waals surface area (Å²) in [6, 6.07) is 14.1. The van der Waals surface area contributed by atoms with E-state index in [0.29, 0.717) is 11.1 Å². The fraction of sp³-hybridized carbons (Fsp3) is 0.174. The van der Waals surface area contributed by atoms with Gasteiger partial charge in [-0.15, -0.1) is 0 Å². The summed E-state index contributed by atoms with van der Waals surface area (Å²) in [5.74, 6) is -1.20. The van der Waals surface area contributed by atoms with Gasteiger partial charge in [0.1, 0.15) is 5.69 Å². The molecule has 12 heteroatoms. The predicted molar refractivity (Wildman–Crippen MR) is 123 cm³/mol. The van der Waals surface area contributed by atoms with Gasteiger partial charge in [0.05, 0.1) is 18.5 Å². The van der Waals surface area contributed by atoms with Crippen molar-refractivity contribution in [3.63, 3.8) is 0 Å². The molecule has 1 heterocycles. The van der Waals surface area contributed by atoms with Crippen molar-refractivity contribution in [2.75, 3.05) is 10.6 Å². The summed E-state index contributed by atoms with van der Waals surface area (Å²) in [7, 11) is -3.76. The van der Waals surface area contributed by atoms with Crippen LogP contribution in [-0.2, 0) is 29.3 Å². The van der Waals surface area contributed by atoms with Crippen molar-refractivity contribution in [2.24, 2.45) is 5.73 Å². The van der Waals surface area contributed by atoms with Crippen LogP contribution < -0.4 is 15.4 Å². The number of halogens is 3. The van der Waals surface area contributed by atoms with Crippen LogP contribution in [0, 0.1) is 0 Å².